The number of rotatable bonds is 3. The summed E-state index contributed by atoms with van der Waals surface area (Å²) >= 11 is 0. The van der Waals surface area contributed by atoms with Gasteiger partial charge in [0.1, 0.15) is 11.4 Å². The van der Waals surface area contributed by atoms with Crippen LogP contribution >= 0.6 is 0 Å². The van der Waals surface area contributed by atoms with E-state index in [1.165, 1.54) is 6.07 Å². The fourth-order valence-corrected chi connectivity index (χ4v) is 4.17. The van der Waals surface area contributed by atoms with Crippen LogP contribution in [0.4, 0.5) is 9.18 Å². The van der Waals surface area contributed by atoms with E-state index in [0.717, 1.165) is 48.6 Å². The van der Waals surface area contributed by atoms with Crippen LogP contribution in [0, 0.1) is 19.7 Å². The first-order chi connectivity index (χ1) is 12.8. The second-order valence-corrected chi connectivity index (χ2v) is 7.80. The van der Waals surface area contributed by atoms with Gasteiger partial charge in [-0.05, 0) is 43.7 Å². The highest BCUT2D eigenvalue weighted by Crippen LogP contribution is 2.33. The molecule has 2 aliphatic rings. The summed E-state index contributed by atoms with van der Waals surface area (Å²) in [5.41, 5.74) is 3.43. The number of benzene rings is 1. The first kappa shape index (κ1) is 18.0. The Balaban J connectivity index is 1.51. The largest absolute Gasteiger partial charge is 0.441 e. The molecule has 144 valence electrons. The summed E-state index contributed by atoms with van der Waals surface area (Å²) in [4.78, 5) is 15.7. The number of likely N-dealkylation sites (N-methyl/N-ethyl adjacent to an activating group) is 1. The summed E-state index contributed by atoms with van der Waals surface area (Å²) in [5, 5.41) is 4.55. The van der Waals surface area contributed by atoms with E-state index >= 15 is 0 Å². The van der Waals surface area contributed by atoms with Crippen LogP contribution in [0.3, 0.4) is 0 Å². The lowest BCUT2D eigenvalue weighted by molar-refractivity contribution is -0.00121. The molecule has 6 nitrogen and oxygen atoms in total. The van der Waals surface area contributed by atoms with Gasteiger partial charge in [0.25, 0.3) is 0 Å². The van der Waals surface area contributed by atoms with Gasteiger partial charge in [-0.1, -0.05) is 0 Å². The molecule has 7 heteroatoms. The van der Waals surface area contributed by atoms with Crippen molar-refractivity contribution in [3.8, 4) is 5.69 Å². The summed E-state index contributed by atoms with van der Waals surface area (Å²) < 4.78 is 21.4. The molecule has 1 spiro atoms. The number of likely N-dealkylation sites (tertiary alicyclic amines) is 1. The zero-order valence-electron chi connectivity index (χ0n) is 16.0. The fourth-order valence-electron chi connectivity index (χ4n) is 4.17. The molecule has 0 saturated carbocycles. The van der Waals surface area contributed by atoms with E-state index in [4.69, 9.17) is 4.74 Å². The van der Waals surface area contributed by atoms with Crippen molar-refractivity contribution >= 4 is 6.09 Å². The number of hydrogen-bond acceptors (Lipinski definition) is 4. The van der Waals surface area contributed by atoms with E-state index in [9.17, 15) is 9.18 Å². The Hall–Kier alpha value is -2.41. The van der Waals surface area contributed by atoms with Gasteiger partial charge in [0.05, 0.1) is 17.9 Å². The number of hydrogen-bond donors (Lipinski definition) is 0. The lowest BCUT2D eigenvalue weighted by Gasteiger charge is -2.37. The minimum absolute atomic E-state index is 0.236. The predicted octanol–water partition coefficient (Wildman–Crippen LogP) is 3.04. The van der Waals surface area contributed by atoms with Crippen LogP contribution in [0.2, 0.25) is 0 Å². The van der Waals surface area contributed by atoms with Gasteiger partial charge in [0, 0.05) is 45.2 Å². The second kappa shape index (κ2) is 6.64. The highest BCUT2D eigenvalue weighted by Gasteiger charge is 2.45. The molecular weight excluding hydrogens is 347 g/mol. The van der Waals surface area contributed by atoms with Crippen LogP contribution in [0.5, 0.6) is 0 Å². The third-order valence-corrected chi connectivity index (χ3v) is 5.58. The number of carbonyl (C=O) groups excluding carboxylic acids is 1. The lowest BCUT2D eigenvalue weighted by atomic mass is 9.91. The summed E-state index contributed by atoms with van der Waals surface area (Å²) in [7, 11) is 1.77. The molecule has 0 radical (unpaired) electrons. The van der Waals surface area contributed by atoms with E-state index in [1.807, 2.05) is 24.6 Å². The van der Waals surface area contributed by atoms with E-state index < -0.39 is 0 Å². The smallest absolute Gasteiger partial charge is 0.410 e. The molecule has 1 aromatic carbocycles. The Morgan fingerprint density at radius 3 is 2.56 bits per heavy atom. The summed E-state index contributed by atoms with van der Waals surface area (Å²) in [6.07, 6.45) is 1.36. The number of piperidine rings is 1. The van der Waals surface area contributed by atoms with Crippen molar-refractivity contribution in [3.05, 3.63) is 47.0 Å². The third kappa shape index (κ3) is 3.43. The molecule has 0 atom stereocenters. The average Bonchev–Trinajstić information content (AvgIpc) is 3.09. The Kier molecular flexibility index (Phi) is 4.42. The number of ether oxygens (including phenoxy) is 1. The molecule has 0 aliphatic carbocycles. The topological polar surface area (TPSA) is 50.6 Å². The Morgan fingerprint density at radius 2 is 1.96 bits per heavy atom. The van der Waals surface area contributed by atoms with Crippen LogP contribution in [-0.2, 0) is 11.3 Å². The first-order valence-corrected chi connectivity index (χ1v) is 9.34. The molecule has 0 unspecified atom stereocenters. The summed E-state index contributed by atoms with van der Waals surface area (Å²) in [6.45, 7) is 6.88. The standard InChI is InChI=1S/C20H25FN4O2/c1-14-10-15(2)25(22-14)18-5-4-17(21)11-16(18)12-24-8-6-20(7-9-24)13-23(3)19(26)27-20/h4-5,10-11H,6-9,12-13H2,1-3H3. The number of amides is 1. The molecule has 27 heavy (non-hydrogen) atoms. The minimum Gasteiger partial charge on any atom is -0.441 e. The van der Waals surface area contributed by atoms with Gasteiger partial charge in [-0.15, -0.1) is 0 Å². The molecule has 1 amide bonds. The highest BCUT2D eigenvalue weighted by atomic mass is 19.1. The average molecular weight is 372 g/mol. The molecule has 2 fully saturated rings. The van der Waals surface area contributed by atoms with Crippen LogP contribution in [0.25, 0.3) is 5.69 Å². The van der Waals surface area contributed by atoms with Gasteiger partial charge >= 0.3 is 6.09 Å². The van der Waals surface area contributed by atoms with Gasteiger partial charge in [-0.2, -0.15) is 5.10 Å². The monoisotopic (exact) mass is 372 g/mol. The number of halogens is 1. The molecule has 2 aliphatic heterocycles. The molecule has 4 rings (SSSR count). The van der Waals surface area contributed by atoms with Gasteiger partial charge < -0.3 is 9.64 Å². The van der Waals surface area contributed by atoms with Gasteiger partial charge in [-0.25, -0.2) is 13.9 Å². The van der Waals surface area contributed by atoms with Crippen LogP contribution in [-0.4, -0.2) is 58.0 Å². The van der Waals surface area contributed by atoms with Crippen LogP contribution < -0.4 is 0 Å². The van der Waals surface area contributed by atoms with Crippen molar-refractivity contribution in [2.75, 3.05) is 26.7 Å². The van der Waals surface area contributed by atoms with Crippen LogP contribution in [0.1, 0.15) is 29.8 Å². The molecule has 1 aromatic heterocycles. The molecule has 0 bridgehead atoms. The molecule has 0 N–H and O–H groups in total. The quantitative estimate of drug-likeness (QED) is 0.831. The molecule has 3 heterocycles. The normalized spacial score (nSPS) is 19.7. The van der Waals surface area contributed by atoms with Gasteiger partial charge in [0.15, 0.2) is 0 Å². The van der Waals surface area contributed by atoms with Crippen molar-refractivity contribution in [1.82, 2.24) is 19.6 Å². The SMILES string of the molecule is Cc1cc(C)n(-c2ccc(F)cc2CN2CCC3(CC2)CN(C)C(=O)O3)n1. The Labute approximate surface area is 158 Å². The molecular formula is C20H25FN4O2. The lowest BCUT2D eigenvalue weighted by Crippen LogP contribution is -2.46. The van der Waals surface area contributed by atoms with Gasteiger partial charge in [0.2, 0.25) is 0 Å². The van der Waals surface area contributed by atoms with Crippen molar-refractivity contribution in [2.24, 2.45) is 0 Å². The Bertz CT molecular complexity index is 871. The molecule has 2 aromatic rings. The Morgan fingerprint density at radius 1 is 1.22 bits per heavy atom. The van der Waals surface area contributed by atoms with Crippen molar-refractivity contribution < 1.29 is 13.9 Å². The second-order valence-electron chi connectivity index (χ2n) is 7.80. The van der Waals surface area contributed by atoms with E-state index in [2.05, 4.69) is 10.00 Å². The summed E-state index contributed by atoms with van der Waals surface area (Å²) in [6, 6.07) is 6.89. The van der Waals surface area contributed by atoms with Gasteiger partial charge in [-0.3, -0.25) is 4.90 Å². The third-order valence-electron chi connectivity index (χ3n) is 5.58. The number of aromatic nitrogens is 2. The maximum absolute atomic E-state index is 13.9. The highest BCUT2D eigenvalue weighted by molar-refractivity contribution is 5.70. The zero-order valence-corrected chi connectivity index (χ0v) is 16.0. The number of nitrogens with zero attached hydrogens (tertiary/aromatic N) is 4. The fraction of sp³-hybridized carbons (Fsp3) is 0.500. The maximum Gasteiger partial charge on any atom is 0.410 e. The van der Waals surface area contributed by atoms with E-state index in [-0.39, 0.29) is 17.5 Å². The number of carbonyl (C=O) groups is 1. The predicted molar refractivity (Wildman–Crippen MR) is 99.3 cm³/mol. The van der Waals surface area contributed by atoms with Crippen molar-refractivity contribution in [2.45, 2.75) is 38.8 Å². The van der Waals surface area contributed by atoms with Crippen LogP contribution in [0.15, 0.2) is 24.3 Å². The zero-order chi connectivity index (χ0) is 19.2. The minimum atomic E-state index is -0.358. The van der Waals surface area contributed by atoms with E-state index in [1.54, 1.807) is 24.1 Å². The first-order valence-electron chi connectivity index (χ1n) is 9.34. The summed E-state index contributed by atoms with van der Waals surface area (Å²) in [5.74, 6) is -0.241. The van der Waals surface area contributed by atoms with Crippen molar-refractivity contribution in [3.63, 3.8) is 0 Å². The number of aryl methyl sites for hydroxylation is 2. The maximum atomic E-state index is 13.9. The van der Waals surface area contributed by atoms with E-state index in [0.29, 0.717) is 13.1 Å². The van der Waals surface area contributed by atoms with Crippen molar-refractivity contribution in [1.29, 1.82) is 0 Å². The molecule has 2 saturated heterocycles.